The van der Waals surface area contributed by atoms with Crippen LogP contribution >= 0.6 is 0 Å². The molecular formula is C16H24N2O. The highest BCUT2D eigenvalue weighted by molar-refractivity contribution is 5.33. The molecule has 0 saturated carbocycles. The lowest BCUT2D eigenvalue weighted by Gasteiger charge is -2.38. The van der Waals surface area contributed by atoms with Gasteiger partial charge >= 0.3 is 0 Å². The lowest BCUT2D eigenvalue weighted by atomic mass is 9.97. The molecule has 0 aromatic heterocycles. The quantitative estimate of drug-likeness (QED) is 0.905. The van der Waals surface area contributed by atoms with Crippen LogP contribution in [0.3, 0.4) is 0 Å². The zero-order valence-corrected chi connectivity index (χ0v) is 11.9. The Hall–Kier alpha value is -0.900. The smallest absolute Gasteiger partial charge is 0.0707 e. The van der Waals surface area contributed by atoms with Gasteiger partial charge < -0.3 is 10.5 Å². The number of fused-ring (bicyclic) bond motifs is 2. The van der Waals surface area contributed by atoms with Gasteiger partial charge in [0.2, 0.25) is 0 Å². The summed E-state index contributed by atoms with van der Waals surface area (Å²) in [5.41, 5.74) is 10.1. The fraction of sp³-hybridized carbons (Fsp3) is 0.625. The zero-order valence-electron chi connectivity index (χ0n) is 11.9. The van der Waals surface area contributed by atoms with E-state index in [-0.39, 0.29) is 0 Å². The highest BCUT2D eigenvalue weighted by Crippen LogP contribution is 2.32. The van der Waals surface area contributed by atoms with Crippen LogP contribution in [0.1, 0.15) is 35.6 Å². The molecule has 3 rings (SSSR count). The molecule has 1 aromatic rings. The highest BCUT2D eigenvalue weighted by atomic mass is 16.5. The third-order valence-electron chi connectivity index (χ3n) is 4.53. The molecule has 2 bridgehead atoms. The summed E-state index contributed by atoms with van der Waals surface area (Å²) in [5.74, 6) is 0. The summed E-state index contributed by atoms with van der Waals surface area (Å²) >= 11 is 0. The van der Waals surface area contributed by atoms with Crippen LogP contribution in [0.25, 0.3) is 0 Å². The number of hydrogen-bond acceptors (Lipinski definition) is 3. The van der Waals surface area contributed by atoms with Crippen molar-refractivity contribution in [3.05, 3.63) is 34.9 Å². The fourth-order valence-electron chi connectivity index (χ4n) is 3.49. The average molecular weight is 260 g/mol. The summed E-state index contributed by atoms with van der Waals surface area (Å²) in [4.78, 5) is 2.54. The van der Waals surface area contributed by atoms with Crippen molar-refractivity contribution in [2.24, 2.45) is 5.73 Å². The number of nitrogens with zero attached hydrogens (tertiary/aromatic N) is 1. The third-order valence-corrected chi connectivity index (χ3v) is 4.53. The van der Waals surface area contributed by atoms with E-state index in [1.165, 1.54) is 29.5 Å². The fourth-order valence-corrected chi connectivity index (χ4v) is 3.49. The number of aryl methyl sites for hydroxylation is 2. The van der Waals surface area contributed by atoms with E-state index in [1.54, 1.807) is 0 Å². The predicted octanol–water partition coefficient (Wildman–Crippen LogP) is 2.17. The van der Waals surface area contributed by atoms with Crippen molar-refractivity contribution < 1.29 is 4.74 Å². The minimum atomic E-state index is 0.340. The van der Waals surface area contributed by atoms with Gasteiger partial charge in [-0.1, -0.05) is 23.8 Å². The monoisotopic (exact) mass is 260 g/mol. The molecule has 2 saturated heterocycles. The van der Waals surface area contributed by atoms with Gasteiger partial charge in [0.05, 0.1) is 12.2 Å². The third kappa shape index (κ3) is 2.55. The molecular weight excluding hydrogens is 236 g/mol. The van der Waals surface area contributed by atoms with Crippen LogP contribution in [0.4, 0.5) is 0 Å². The Labute approximate surface area is 115 Å². The van der Waals surface area contributed by atoms with Crippen LogP contribution in [0.15, 0.2) is 18.2 Å². The van der Waals surface area contributed by atoms with E-state index < -0.39 is 0 Å². The molecule has 3 heteroatoms. The minimum absolute atomic E-state index is 0.340. The number of likely N-dealkylation sites (tertiary alicyclic amines) is 1. The summed E-state index contributed by atoms with van der Waals surface area (Å²) in [6.45, 7) is 7.09. The predicted molar refractivity (Wildman–Crippen MR) is 77.2 cm³/mol. The molecule has 3 nitrogen and oxygen atoms in total. The van der Waals surface area contributed by atoms with Crippen molar-refractivity contribution in [1.82, 2.24) is 4.90 Å². The van der Waals surface area contributed by atoms with Crippen molar-refractivity contribution in [3.8, 4) is 0 Å². The molecule has 19 heavy (non-hydrogen) atoms. The van der Waals surface area contributed by atoms with Crippen molar-refractivity contribution in [2.75, 3.05) is 19.6 Å². The van der Waals surface area contributed by atoms with Crippen molar-refractivity contribution in [3.63, 3.8) is 0 Å². The molecule has 2 aliphatic rings. The van der Waals surface area contributed by atoms with Gasteiger partial charge in [0.1, 0.15) is 0 Å². The first-order valence-corrected chi connectivity index (χ1v) is 7.34. The highest BCUT2D eigenvalue weighted by Gasteiger charge is 2.36. The van der Waals surface area contributed by atoms with E-state index in [9.17, 15) is 0 Å². The molecule has 0 radical (unpaired) electrons. The molecule has 0 spiro atoms. The first kappa shape index (κ1) is 13.1. The number of nitrogens with two attached hydrogens (primary N) is 1. The summed E-state index contributed by atoms with van der Waals surface area (Å²) in [7, 11) is 0. The number of morpholine rings is 1. The lowest BCUT2D eigenvalue weighted by Crippen LogP contribution is -2.46. The van der Waals surface area contributed by atoms with Gasteiger partial charge in [0, 0.05) is 25.7 Å². The first-order valence-electron chi connectivity index (χ1n) is 7.34. The molecule has 2 heterocycles. The molecule has 0 amide bonds. The Kier molecular flexibility index (Phi) is 3.61. The summed E-state index contributed by atoms with van der Waals surface area (Å²) in [6.07, 6.45) is 3.28. The molecule has 0 aliphatic carbocycles. The van der Waals surface area contributed by atoms with Crippen LogP contribution in [0, 0.1) is 13.8 Å². The van der Waals surface area contributed by atoms with Gasteiger partial charge in [-0.2, -0.15) is 0 Å². The maximum absolute atomic E-state index is 6.08. The van der Waals surface area contributed by atoms with Gasteiger partial charge in [-0.25, -0.2) is 0 Å². The normalized spacial score (nSPS) is 28.6. The van der Waals surface area contributed by atoms with Crippen LogP contribution in [-0.2, 0) is 4.74 Å². The van der Waals surface area contributed by atoms with Crippen molar-refractivity contribution in [1.29, 1.82) is 0 Å². The number of hydrogen-bond donors (Lipinski definition) is 1. The van der Waals surface area contributed by atoms with E-state index in [4.69, 9.17) is 10.5 Å². The van der Waals surface area contributed by atoms with Gasteiger partial charge in [-0.3, -0.25) is 4.90 Å². The maximum atomic E-state index is 6.08. The Morgan fingerprint density at radius 1 is 1.26 bits per heavy atom. The molecule has 3 atom stereocenters. The maximum Gasteiger partial charge on any atom is 0.0707 e. The van der Waals surface area contributed by atoms with Gasteiger partial charge in [0.25, 0.3) is 0 Å². The molecule has 1 aromatic carbocycles. The average Bonchev–Trinajstić information content (AvgIpc) is 2.74. The van der Waals surface area contributed by atoms with E-state index in [1.807, 2.05) is 0 Å². The first-order chi connectivity index (χ1) is 9.17. The Balaban J connectivity index is 1.85. The van der Waals surface area contributed by atoms with E-state index >= 15 is 0 Å². The standard InChI is InChI=1S/C16H24N2O/c1-11-3-4-12(2)15(7-11)16(8-17)18-9-13-5-6-14(10-18)19-13/h3-4,7,13-14,16H,5-6,8-10,17H2,1-2H3. The summed E-state index contributed by atoms with van der Waals surface area (Å²) < 4.78 is 5.93. The second kappa shape index (κ2) is 5.23. The summed E-state index contributed by atoms with van der Waals surface area (Å²) in [5, 5.41) is 0. The Morgan fingerprint density at radius 2 is 1.95 bits per heavy atom. The van der Waals surface area contributed by atoms with Crippen LogP contribution < -0.4 is 5.73 Å². The Bertz CT molecular complexity index is 448. The van der Waals surface area contributed by atoms with E-state index in [2.05, 4.69) is 36.9 Å². The number of ether oxygens (including phenoxy) is 1. The van der Waals surface area contributed by atoms with Crippen LogP contribution in [0.5, 0.6) is 0 Å². The van der Waals surface area contributed by atoms with Crippen LogP contribution in [0.2, 0.25) is 0 Å². The van der Waals surface area contributed by atoms with E-state index in [0.717, 1.165) is 13.1 Å². The minimum Gasteiger partial charge on any atom is -0.372 e. The molecule has 2 aliphatic heterocycles. The largest absolute Gasteiger partial charge is 0.372 e. The van der Waals surface area contributed by atoms with Gasteiger partial charge in [-0.05, 0) is 37.8 Å². The molecule has 104 valence electrons. The topological polar surface area (TPSA) is 38.5 Å². The molecule has 3 unspecified atom stereocenters. The van der Waals surface area contributed by atoms with E-state index in [0.29, 0.717) is 24.8 Å². The SMILES string of the molecule is Cc1ccc(C)c(C(CN)N2CC3CCC(C2)O3)c1. The molecule has 2 fully saturated rings. The van der Waals surface area contributed by atoms with Gasteiger partial charge in [0.15, 0.2) is 0 Å². The zero-order chi connectivity index (χ0) is 13.4. The van der Waals surface area contributed by atoms with Crippen molar-refractivity contribution >= 4 is 0 Å². The summed E-state index contributed by atoms with van der Waals surface area (Å²) in [6, 6.07) is 7.02. The second-order valence-electron chi connectivity index (χ2n) is 6.02. The number of rotatable bonds is 3. The van der Waals surface area contributed by atoms with Crippen LogP contribution in [-0.4, -0.2) is 36.7 Å². The number of benzene rings is 1. The lowest BCUT2D eigenvalue weighted by molar-refractivity contribution is -0.0521. The van der Waals surface area contributed by atoms with Crippen molar-refractivity contribution in [2.45, 2.75) is 44.9 Å². The Morgan fingerprint density at radius 3 is 2.58 bits per heavy atom. The molecule has 2 N–H and O–H groups in total. The second-order valence-corrected chi connectivity index (χ2v) is 6.02. The van der Waals surface area contributed by atoms with Gasteiger partial charge in [-0.15, -0.1) is 0 Å².